The molecule has 0 spiro atoms. The molecule has 1 heterocycles. The number of halogens is 2. The van der Waals surface area contributed by atoms with Crippen molar-refractivity contribution in [2.75, 3.05) is 10.5 Å². The molecule has 0 aliphatic rings. The zero-order valence-electron chi connectivity index (χ0n) is 9.34. The summed E-state index contributed by atoms with van der Waals surface area (Å²) < 4.78 is 39.5. The van der Waals surface area contributed by atoms with Crippen molar-refractivity contribution in [2.24, 2.45) is 0 Å². The largest absolute Gasteiger partial charge is 0.399 e. The normalized spacial score (nSPS) is 11.3. The van der Waals surface area contributed by atoms with E-state index in [9.17, 15) is 12.8 Å². The second-order valence-electron chi connectivity index (χ2n) is 3.54. The van der Waals surface area contributed by atoms with Crippen LogP contribution in [0.2, 0.25) is 5.15 Å². The number of hydrogen-bond acceptors (Lipinski definition) is 5. The fraction of sp³-hybridized carbons (Fsp3) is 0. The maximum Gasteiger partial charge on any atom is 0.266 e. The Morgan fingerprint density at radius 3 is 2.58 bits per heavy atom. The Kier molecular flexibility index (Phi) is 3.54. The maximum atomic E-state index is 13.5. The van der Waals surface area contributed by atoms with Crippen LogP contribution in [0.3, 0.4) is 0 Å². The third kappa shape index (κ3) is 3.09. The molecule has 0 aliphatic heterocycles. The van der Waals surface area contributed by atoms with Gasteiger partial charge in [0.25, 0.3) is 10.0 Å². The van der Waals surface area contributed by atoms with Gasteiger partial charge in [-0.25, -0.2) is 12.8 Å². The molecule has 0 saturated heterocycles. The van der Waals surface area contributed by atoms with E-state index >= 15 is 0 Å². The highest BCUT2D eigenvalue weighted by atomic mass is 35.5. The van der Waals surface area contributed by atoms with Gasteiger partial charge in [0.2, 0.25) is 0 Å². The summed E-state index contributed by atoms with van der Waals surface area (Å²) in [6.45, 7) is 0. The topological polar surface area (TPSA) is 98.0 Å². The highest BCUT2D eigenvalue weighted by Gasteiger charge is 2.20. The van der Waals surface area contributed by atoms with E-state index < -0.39 is 20.7 Å². The monoisotopic (exact) mass is 302 g/mol. The number of anilines is 2. The standard InChI is InChI=1S/C10H8ClFN4O2S/c11-9-3-4-10(15-14-9)16-19(17,18)8-5-6(13)1-2-7(8)12/h1-5H,13H2,(H,15,16). The molecule has 6 nitrogen and oxygen atoms in total. The third-order valence-electron chi connectivity index (χ3n) is 2.12. The minimum absolute atomic E-state index is 0.0776. The lowest BCUT2D eigenvalue weighted by molar-refractivity contribution is 0.570. The van der Waals surface area contributed by atoms with Crippen molar-refractivity contribution in [2.45, 2.75) is 4.90 Å². The van der Waals surface area contributed by atoms with Crippen molar-refractivity contribution in [1.82, 2.24) is 10.2 Å². The Morgan fingerprint density at radius 2 is 1.95 bits per heavy atom. The smallest absolute Gasteiger partial charge is 0.266 e. The van der Waals surface area contributed by atoms with Crippen LogP contribution in [-0.4, -0.2) is 18.6 Å². The molecule has 100 valence electrons. The number of benzene rings is 1. The highest BCUT2D eigenvalue weighted by Crippen LogP contribution is 2.20. The number of sulfonamides is 1. The maximum absolute atomic E-state index is 13.5. The average Bonchev–Trinajstić information content (AvgIpc) is 2.35. The second kappa shape index (κ2) is 4.98. The van der Waals surface area contributed by atoms with Crippen LogP contribution in [0, 0.1) is 5.82 Å². The van der Waals surface area contributed by atoms with Crippen molar-refractivity contribution in [3.05, 3.63) is 41.3 Å². The Labute approximate surface area is 113 Å². The van der Waals surface area contributed by atoms with Crippen LogP contribution >= 0.6 is 11.6 Å². The van der Waals surface area contributed by atoms with Crippen LogP contribution < -0.4 is 10.5 Å². The van der Waals surface area contributed by atoms with E-state index in [0.717, 1.165) is 12.1 Å². The summed E-state index contributed by atoms with van der Waals surface area (Å²) >= 11 is 5.52. The summed E-state index contributed by atoms with van der Waals surface area (Å²) in [6, 6.07) is 5.90. The highest BCUT2D eigenvalue weighted by molar-refractivity contribution is 7.92. The number of nitrogens with one attached hydrogen (secondary N) is 1. The molecule has 3 N–H and O–H groups in total. The number of rotatable bonds is 3. The van der Waals surface area contributed by atoms with E-state index in [1.165, 1.54) is 18.2 Å². The zero-order valence-corrected chi connectivity index (χ0v) is 10.9. The fourth-order valence-corrected chi connectivity index (χ4v) is 2.50. The van der Waals surface area contributed by atoms with E-state index in [2.05, 4.69) is 14.9 Å². The van der Waals surface area contributed by atoms with Crippen molar-refractivity contribution in [3.63, 3.8) is 0 Å². The van der Waals surface area contributed by atoms with Crippen LogP contribution in [0.25, 0.3) is 0 Å². The molecule has 0 saturated carbocycles. The molecule has 0 radical (unpaired) electrons. The summed E-state index contributed by atoms with van der Waals surface area (Å²) in [7, 11) is -4.13. The first-order chi connectivity index (χ1) is 8.88. The molecule has 2 rings (SSSR count). The number of nitrogen functional groups attached to an aromatic ring is 1. The van der Waals surface area contributed by atoms with Gasteiger partial charge in [-0.2, -0.15) is 0 Å². The minimum Gasteiger partial charge on any atom is -0.399 e. The molecule has 0 bridgehead atoms. The fourth-order valence-electron chi connectivity index (χ4n) is 1.29. The molecule has 0 aliphatic carbocycles. The van der Waals surface area contributed by atoms with Crippen molar-refractivity contribution in [3.8, 4) is 0 Å². The molecular formula is C10H8ClFN4O2S. The van der Waals surface area contributed by atoms with Crippen LogP contribution in [0.15, 0.2) is 35.2 Å². The molecule has 0 fully saturated rings. The molecule has 9 heteroatoms. The van der Waals surface area contributed by atoms with Gasteiger partial charge in [0.15, 0.2) is 11.0 Å². The van der Waals surface area contributed by atoms with Crippen LogP contribution in [0.4, 0.5) is 15.9 Å². The number of nitrogens with two attached hydrogens (primary N) is 1. The van der Waals surface area contributed by atoms with E-state index in [1.807, 2.05) is 0 Å². The zero-order chi connectivity index (χ0) is 14.0. The van der Waals surface area contributed by atoms with Crippen LogP contribution in [-0.2, 0) is 10.0 Å². The molecule has 1 aromatic carbocycles. The number of hydrogen-bond donors (Lipinski definition) is 2. The van der Waals surface area contributed by atoms with E-state index in [4.69, 9.17) is 17.3 Å². The Morgan fingerprint density at radius 1 is 1.21 bits per heavy atom. The summed E-state index contributed by atoms with van der Waals surface area (Å²) in [4.78, 5) is -0.566. The van der Waals surface area contributed by atoms with Gasteiger partial charge in [0.1, 0.15) is 10.7 Å². The third-order valence-corrected chi connectivity index (χ3v) is 3.69. The Hall–Kier alpha value is -1.93. The summed E-state index contributed by atoms with van der Waals surface area (Å²) in [5, 5.41) is 7.09. The van der Waals surface area contributed by atoms with Gasteiger partial charge in [0.05, 0.1) is 0 Å². The van der Waals surface area contributed by atoms with Gasteiger partial charge in [0, 0.05) is 5.69 Å². The van der Waals surface area contributed by atoms with Crippen LogP contribution in [0.1, 0.15) is 0 Å². The Bertz CT molecular complexity index is 706. The average molecular weight is 303 g/mol. The van der Waals surface area contributed by atoms with E-state index in [0.29, 0.717) is 0 Å². The molecule has 1 aromatic heterocycles. The molecule has 0 atom stereocenters. The predicted molar refractivity (Wildman–Crippen MR) is 68.7 cm³/mol. The lowest BCUT2D eigenvalue weighted by Crippen LogP contribution is -2.16. The summed E-state index contributed by atoms with van der Waals surface area (Å²) in [5.41, 5.74) is 5.56. The molecule has 0 amide bonds. The quantitative estimate of drug-likeness (QED) is 0.840. The van der Waals surface area contributed by atoms with Crippen molar-refractivity contribution < 1.29 is 12.8 Å². The molecule has 19 heavy (non-hydrogen) atoms. The minimum atomic E-state index is -4.13. The summed E-state index contributed by atoms with van der Waals surface area (Å²) in [5.74, 6) is -0.991. The van der Waals surface area contributed by atoms with Gasteiger partial charge < -0.3 is 5.73 Å². The second-order valence-corrected chi connectivity index (χ2v) is 5.57. The van der Waals surface area contributed by atoms with Gasteiger partial charge >= 0.3 is 0 Å². The first kappa shape index (κ1) is 13.5. The van der Waals surface area contributed by atoms with Gasteiger partial charge in [-0.05, 0) is 30.3 Å². The number of nitrogens with zero attached hydrogens (tertiary/aromatic N) is 2. The molecule has 2 aromatic rings. The van der Waals surface area contributed by atoms with Gasteiger partial charge in [-0.1, -0.05) is 11.6 Å². The lowest BCUT2D eigenvalue weighted by atomic mass is 10.3. The summed E-state index contributed by atoms with van der Waals surface area (Å²) in [6.07, 6.45) is 0. The van der Waals surface area contributed by atoms with Crippen molar-refractivity contribution in [1.29, 1.82) is 0 Å². The van der Waals surface area contributed by atoms with Crippen molar-refractivity contribution >= 4 is 33.1 Å². The SMILES string of the molecule is Nc1ccc(F)c(S(=O)(=O)Nc2ccc(Cl)nn2)c1. The van der Waals surface area contributed by atoms with E-state index in [-0.39, 0.29) is 16.7 Å². The van der Waals surface area contributed by atoms with Gasteiger partial charge in [-0.3, -0.25) is 4.72 Å². The molecular weight excluding hydrogens is 295 g/mol. The van der Waals surface area contributed by atoms with E-state index in [1.54, 1.807) is 0 Å². The first-order valence-electron chi connectivity index (χ1n) is 4.95. The van der Waals surface area contributed by atoms with Gasteiger partial charge in [-0.15, -0.1) is 10.2 Å². The predicted octanol–water partition coefficient (Wildman–Crippen LogP) is 1.65. The number of aromatic nitrogens is 2. The molecule has 0 unspecified atom stereocenters. The van der Waals surface area contributed by atoms with Crippen LogP contribution in [0.5, 0.6) is 0 Å². The lowest BCUT2D eigenvalue weighted by Gasteiger charge is -2.08. The first-order valence-corrected chi connectivity index (χ1v) is 6.82. The Balaban J connectivity index is 2.37.